The number of hydrogen-bond donors (Lipinski definition) is 1. The van der Waals surface area contributed by atoms with E-state index in [-0.39, 0.29) is 0 Å². The van der Waals surface area contributed by atoms with Crippen molar-refractivity contribution in [2.45, 2.75) is 6.61 Å². The molecule has 0 radical (unpaired) electrons. The molecule has 0 spiro atoms. The number of imidazole rings is 1. The molecule has 0 aliphatic heterocycles. The first-order chi connectivity index (χ1) is 14.1. The second kappa shape index (κ2) is 8.64. The summed E-state index contributed by atoms with van der Waals surface area (Å²) in [7, 11) is 0. The lowest BCUT2D eigenvalue weighted by Gasteiger charge is -2.11. The number of aromatic nitrogens is 2. The Labute approximate surface area is 185 Å². The maximum Gasteiger partial charge on any atom is 0.149 e. The van der Waals surface area contributed by atoms with E-state index in [1.165, 1.54) is 0 Å². The van der Waals surface area contributed by atoms with Gasteiger partial charge in [-0.05, 0) is 73.3 Å². The zero-order valence-corrected chi connectivity index (χ0v) is 18.4. The Morgan fingerprint density at radius 2 is 1.72 bits per heavy atom. The van der Waals surface area contributed by atoms with Crippen LogP contribution in [0, 0.1) is 11.3 Å². The first-order valence-electron chi connectivity index (χ1n) is 8.87. The van der Waals surface area contributed by atoms with Crippen LogP contribution >= 0.6 is 31.9 Å². The quantitative estimate of drug-likeness (QED) is 0.304. The summed E-state index contributed by atoms with van der Waals surface area (Å²) in [6, 6.07) is 23.8. The van der Waals surface area contributed by atoms with E-state index in [9.17, 15) is 5.26 Å². The van der Waals surface area contributed by atoms with Crippen LogP contribution in [-0.2, 0) is 6.61 Å². The van der Waals surface area contributed by atoms with Crippen molar-refractivity contribution in [3.8, 4) is 11.8 Å². The van der Waals surface area contributed by atoms with Gasteiger partial charge in [0.05, 0.1) is 25.6 Å². The number of halogens is 2. The molecule has 0 atom stereocenters. The maximum absolute atomic E-state index is 9.64. The highest BCUT2D eigenvalue weighted by molar-refractivity contribution is 9.11. The van der Waals surface area contributed by atoms with Gasteiger partial charge in [0.1, 0.15) is 24.3 Å². The van der Waals surface area contributed by atoms with Crippen LogP contribution in [-0.4, -0.2) is 9.97 Å². The number of allylic oxidation sites excluding steroid dienone is 1. The average Bonchev–Trinajstić information content (AvgIpc) is 3.16. The standard InChI is InChI=1S/C23H15Br2N3O/c24-18-11-16(12-19(25)22(18)29-14-15-6-2-1-3-7-15)10-17(13-26)23-27-20-8-4-5-9-21(20)28-23/h1-12H,14H2,(H,27,28)/b17-10+. The summed E-state index contributed by atoms with van der Waals surface area (Å²) in [5.41, 5.74) is 4.13. The summed E-state index contributed by atoms with van der Waals surface area (Å²) < 4.78 is 7.57. The van der Waals surface area contributed by atoms with Crippen LogP contribution in [0.5, 0.6) is 5.75 Å². The highest BCUT2D eigenvalue weighted by Crippen LogP contribution is 2.36. The molecule has 0 aliphatic carbocycles. The van der Waals surface area contributed by atoms with Gasteiger partial charge in [-0.15, -0.1) is 0 Å². The molecule has 29 heavy (non-hydrogen) atoms. The highest BCUT2D eigenvalue weighted by Gasteiger charge is 2.12. The van der Waals surface area contributed by atoms with Crippen molar-refractivity contribution >= 4 is 54.5 Å². The molecule has 0 aliphatic rings. The SMILES string of the molecule is N#C/C(=C\c1cc(Br)c(OCc2ccccc2)c(Br)c1)c1nc2ccccc2[nH]1. The molecule has 0 unspecified atom stereocenters. The Morgan fingerprint density at radius 3 is 2.41 bits per heavy atom. The third kappa shape index (κ3) is 4.42. The van der Waals surface area contributed by atoms with E-state index >= 15 is 0 Å². The molecule has 1 heterocycles. The molecule has 3 aromatic carbocycles. The lowest BCUT2D eigenvalue weighted by atomic mass is 10.1. The van der Waals surface area contributed by atoms with Crippen molar-refractivity contribution in [3.63, 3.8) is 0 Å². The van der Waals surface area contributed by atoms with Crippen molar-refractivity contribution in [1.82, 2.24) is 9.97 Å². The topological polar surface area (TPSA) is 61.7 Å². The fraction of sp³-hybridized carbons (Fsp3) is 0.0435. The Hall–Kier alpha value is -2.88. The summed E-state index contributed by atoms with van der Waals surface area (Å²) in [5.74, 6) is 1.26. The molecular formula is C23H15Br2N3O. The van der Waals surface area contributed by atoms with Crippen LogP contribution in [0.3, 0.4) is 0 Å². The second-order valence-corrected chi connectivity index (χ2v) is 8.07. The number of aromatic amines is 1. The van der Waals surface area contributed by atoms with E-state index in [2.05, 4.69) is 47.9 Å². The number of H-pyrrole nitrogens is 1. The zero-order valence-electron chi connectivity index (χ0n) is 15.2. The number of para-hydroxylation sites is 2. The Balaban J connectivity index is 1.61. The van der Waals surface area contributed by atoms with Gasteiger partial charge in [0.25, 0.3) is 0 Å². The molecule has 1 N–H and O–H groups in total. The van der Waals surface area contributed by atoms with E-state index in [4.69, 9.17) is 4.74 Å². The molecule has 0 saturated heterocycles. The predicted molar refractivity (Wildman–Crippen MR) is 122 cm³/mol. The van der Waals surface area contributed by atoms with Crippen molar-refractivity contribution in [1.29, 1.82) is 5.26 Å². The van der Waals surface area contributed by atoms with Gasteiger partial charge >= 0.3 is 0 Å². The highest BCUT2D eigenvalue weighted by atomic mass is 79.9. The van der Waals surface area contributed by atoms with Gasteiger partial charge in [0.15, 0.2) is 0 Å². The smallest absolute Gasteiger partial charge is 0.149 e. The number of ether oxygens (including phenoxy) is 1. The predicted octanol–water partition coefficient (Wildman–Crippen LogP) is 6.73. The normalized spacial score (nSPS) is 11.4. The molecule has 6 heteroatoms. The number of benzene rings is 3. The van der Waals surface area contributed by atoms with E-state index < -0.39 is 0 Å². The van der Waals surface area contributed by atoms with Gasteiger partial charge in [0, 0.05) is 0 Å². The number of fused-ring (bicyclic) bond motifs is 1. The van der Waals surface area contributed by atoms with Gasteiger partial charge in [-0.25, -0.2) is 4.98 Å². The lowest BCUT2D eigenvalue weighted by Crippen LogP contribution is -1.97. The molecule has 0 amide bonds. The minimum atomic E-state index is 0.456. The fourth-order valence-electron chi connectivity index (χ4n) is 2.93. The van der Waals surface area contributed by atoms with Crippen LogP contribution in [0.2, 0.25) is 0 Å². The van der Waals surface area contributed by atoms with Crippen molar-refractivity contribution in [2.24, 2.45) is 0 Å². The number of nitrogens with one attached hydrogen (secondary N) is 1. The minimum Gasteiger partial charge on any atom is -0.487 e. The van der Waals surface area contributed by atoms with E-state index in [1.54, 1.807) is 6.08 Å². The number of hydrogen-bond acceptors (Lipinski definition) is 3. The Morgan fingerprint density at radius 1 is 1.03 bits per heavy atom. The van der Waals surface area contributed by atoms with E-state index in [1.807, 2.05) is 66.7 Å². The molecule has 4 nitrogen and oxygen atoms in total. The number of nitrogens with zero attached hydrogens (tertiary/aromatic N) is 2. The van der Waals surface area contributed by atoms with Crippen LogP contribution in [0.15, 0.2) is 75.7 Å². The number of nitriles is 1. The third-order valence-electron chi connectivity index (χ3n) is 4.32. The Bertz CT molecular complexity index is 1180. The summed E-state index contributed by atoms with van der Waals surface area (Å²) in [5, 5.41) is 9.64. The van der Waals surface area contributed by atoms with Gasteiger partial charge in [0.2, 0.25) is 0 Å². The van der Waals surface area contributed by atoms with Crippen LogP contribution in [0.4, 0.5) is 0 Å². The summed E-state index contributed by atoms with van der Waals surface area (Å²) in [6.45, 7) is 0.468. The van der Waals surface area contributed by atoms with Crippen molar-refractivity contribution < 1.29 is 4.74 Å². The van der Waals surface area contributed by atoms with Crippen LogP contribution in [0.25, 0.3) is 22.7 Å². The summed E-state index contributed by atoms with van der Waals surface area (Å²) in [4.78, 5) is 7.71. The van der Waals surface area contributed by atoms with Gasteiger partial charge < -0.3 is 9.72 Å². The largest absolute Gasteiger partial charge is 0.487 e. The molecule has 4 aromatic rings. The van der Waals surface area contributed by atoms with Gasteiger partial charge in [-0.2, -0.15) is 5.26 Å². The number of rotatable bonds is 5. The maximum atomic E-state index is 9.64. The molecule has 0 fully saturated rings. The van der Waals surface area contributed by atoms with Crippen molar-refractivity contribution in [3.05, 3.63) is 92.6 Å². The molecule has 1 aromatic heterocycles. The van der Waals surface area contributed by atoms with Crippen LogP contribution in [0.1, 0.15) is 17.0 Å². The summed E-state index contributed by atoms with van der Waals surface area (Å²) >= 11 is 7.15. The lowest BCUT2D eigenvalue weighted by molar-refractivity contribution is 0.302. The van der Waals surface area contributed by atoms with Crippen LogP contribution < -0.4 is 4.74 Å². The fourth-order valence-corrected chi connectivity index (χ4v) is 4.38. The summed E-state index contributed by atoms with van der Waals surface area (Å²) in [6.07, 6.45) is 1.80. The molecule has 142 valence electrons. The molecular weight excluding hydrogens is 494 g/mol. The molecule has 0 bridgehead atoms. The zero-order chi connectivity index (χ0) is 20.2. The first kappa shape index (κ1) is 19.4. The second-order valence-electron chi connectivity index (χ2n) is 6.36. The third-order valence-corrected chi connectivity index (χ3v) is 5.50. The first-order valence-corrected chi connectivity index (χ1v) is 10.5. The van der Waals surface area contributed by atoms with Crippen molar-refractivity contribution in [2.75, 3.05) is 0 Å². The molecule has 4 rings (SSSR count). The van der Waals surface area contributed by atoms with Gasteiger partial charge in [-0.3, -0.25) is 0 Å². The van der Waals surface area contributed by atoms with E-state index in [0.717, 1.165) is 31.1 Å². The average molecular weight is 509 g/mol. The monoisotopic (exact) mass is 507 g/mol. The molecule has 0 saturated carbocycles. The Kier molecular flexibility index (Phi) is 5.79. The minimum absolute atomic E-state index is 0.456. The van der Waals surface area contributed by atoms with E-state index in [0.29, 0.717) is 23.8 Å². The van der Waals surface area contributed by atoms with Gasteiger partial charge in [-0.1, -0.05) is 42.5 Å².